The summed E-state index contributed by atoms with van der Waals surface area (Å²) < 4.78 is 75.2. The fraction of sp³-hybridized carbons (Fsp3) is 0.833. The van der Waals surface area contributed by atoms with Gasteiger partial charge in [0.2, 0.25) is 13.6 Å². The fourth-order valence-corrected chi connectivity index (χ4v) is 19.4. The third kappa shape index (κ3) is 53.3. The molecule has 0 saturated carbocycles. The highest BCUT2D eigenvalue weighted by Crippen LogP contribution is 2.55. The Kier molecular flexibility index (Phi) is 69.5. The summed E-state index contributed by atoms with van der Waals surface area (Å²) in [6.07, 6.45) is 60.1. The van der Waals surface area contributed by atoms with Crippen molar-refractivity contribution >= 4 is 58.3 Å². The molecule has 668 valence electrons. The summed E-state index contributed by atoms with van der Waals surface area (Å²) in [5.41, 5.74) is 0.447. The lowest BCUT2D eigenvalue weighted by molar-refractivity contribution is 0.0243. The summed E-state index contributed by atoms with van der Waals surface area (Å²) in [6.45, 7) is 32.0. The van der Waals surface area contributed by atoms with Gasteiger partial charge in [-0.25, -0.2) is 38.0 Å². The number of rotatable bonds is 68. The Morgan fingerprint density at radius 2 is 0.983 bits per heavy atom. The maximum Gasteiger partial charge on any atom is 0.475 e. The molecule has 3 heterocycles. The van der Waals surface area contributed by atoms with Gasteiger partial charge in [-0.2, -0.15) is 15.8 Å². The normalized spacial score (nSPS) is 13.9. The lowest BCUT2D eigenvalue weighted by Gasteiger charge is -2.35. The first-order valence-electron chi connectivity index (χ1n) is 45.8. The molecule has 1 aromatic carbocycles. The number of nitriles is 3. The van der Waals surface area contributed by atoms with E-state index in [0.717, 1.165) is 45.1 Å². The Hall–Kier alpha value is -3.58. The quantitative estimate of drug-likeness (QED) is 0.0302. The number of hydrogen-bond donors (Lipinski definition) is 4. The minimum Gasteiger partial charge on any atom is -0.396 e. The van der Waals surface area contributed by atoms with Crippen molar-refractivity contribution in [1.29, 1.82) is 15.8 Å². The van der Waals surface area contributed by atoms with Gasteiger partial charge in [0.1, 0.15) is 11.4 Å². The van der Waals surface area contributed by atoms with Gasteiger partial charge in [-0.3, -0.25) is 18.9 Å². The molecule has 116 heavy (non-hydrogen) atoms. The highest BCUT2D eigenvalue weighted by molar-refractivity contribution is 7.78. The number of amides is 2. The molecule has 1 aliphatic rings. The van der Waals surface area contributed by atoms with E-state index in [1.165, 1.54) is 244 Å². The van der Waals surface area contributed by atoms with Crippen LogP contribution in [0.4, 0.5) is 15.1 Å². The molecule has 4 rings (SSSR count). The van der Waals surface area contributed by atoms with Gasteiger partial charge in [0.25, 0.3) is 8.53 Å². The summed E-state index contributed by atoms with van der Waals surface area (Å²) >= 11 is 6.13. The van der Waals surface area contributed by atoms with Crippen LogP contribution in [-0.4, -0.2) is 117 Å². The largest absolute Gasteiger partial charge is 0.475 e. The van der Waals surface area contributed by atoms with E-state index in [0.29, 0.717) is 105 Å². The Morgan fingerprint density at radius 3 is 1.38 bits per heavy atom. The van der Waals surface area contributed by atoms with E-state index in [2.05, 4.69) is 122 Å². The Morgan fingerprint density at radius 1 is 0.595 bits per heavy atom. The van der Waals surface area contributed by atoms with Crippen molar-refractivity contribution in [3.05, 3.63) is 35.7 Å². The Labute approximate surface area is 713 Å². The summed E-state index contributed by atoms with van der Waals surface area (Å²) in [7, 11) is -6.26. The lowest BCUT2D eigenvalue weighted by atomic mass is 9.98. The summed E-state index contributed by atoms with van der Waals surface area (Å²) in [6, 6.07) is 8.79. The minimum atomic E-state index is -4.11. The zero-order valence-corrected chi connectivity index (χ0v) is 78.7. The van der Waals surface area contributed by atoms with Gasteiger partial charge in [-0.1, -0.05) is 271 Å². The van der Waals surface area contributed by atoms with Crippen molar-refractivity contribution in [1.82, 2.24) is 34.6 Å². The van der Waals surface area contributed by atoms with Crippen molar-refractivity contribution in [3.63, 3.8) is 0 Å². The van der Waals surface area contributed by atoms with E-state index >= 15 is 4.39 Å². The van der Waals surface area contributed by atoms with Crippen LogP contribution in [0.15, 0.2) is 18.5 Å². The second-order valence-corrected chi connectivity index (χ2v) is 37.6. The van der Waals surface area contributed by atoms with E-state index in [1.54, 1.807) is 26.8 Å². The van der Waals surface area contributed by atoms with Crippen LogP contribution < -0.4 is 10.6 Å². The molecule has 2 aromatic heterocycles. The van der Waals surface area contributed by atoms with E-state index < -0.39 is 47.6 Å². The van der Waals surface area contributed by atoms with Crippen LogP contribution in [0.3, 0.4) is 0 Å². The summed E-state index contributed by atoms with van der Waals surface area (Å²) in [4.78, 5) is 28.7. The highest BCUT2D eigenvalue weighted by atomic mass is 35.7. The number of carbonyl (C=O) groups is 1. The number of ether oxygens (including phenoxy) is 1. The standard InChI is InChI=1S/C40H61FN7O6P.C25H51N2O2P.C16H34O.C9H18ClN2OP/c1-5-7-8-9-10-11-12-13-14-15-16-17-18-19-25-52-55(50,53-26-21-23-42)54-40(3,4)37-44-28-30(29-45-37)31-27-32-36(34(35(31)41)33-22-20-24-51-33)47-38(46-32)48-39(49)43-6-2;1-6-7-8-9-10-11-12-13-14-15-16-17-18-19-22-28-30(29-23-20-21-26)27(24(2)3)25(4)5;1-2-3-4-5-6-7-8-9-10-11-12-13-14-15-16-17;1-8(2)12(9(3)4)14(10)13-7-5-6-11/h27-29,33H,5-22,24-26H2,1-4H3,(H3,43,46,47,48,49);24-25H,6-20,22-23H2,1-5H3;17H,2-16H2,1H3;8-9H,5,7H2,1-4H3/t33-,55?;;;/m1.../s1. The van der Waals surface area contributed by atoms with Gasteiger partial charge in [0.05, 0.1) is 87.6 Å². The van der Waals surface area contributed by atoms with Crippen LogP contribution in [0.5, 0.6) is 0 Å². The number of phosphoric acid groups is 1. The number of halogens is 2. The van der Waals surface area contributed by atoms with E-state index in [9.17, 15) is 9.36 Å². The number of aromatic nitrogens is 4. The zero-order valence-electron chi connectivity index (χ0n) is 75.3. The third-order valence-corrected chi connectivity index (χ3v) is 26.4. The number of phosphoric ester groups is 1. The molecule has 4 atom stereocenters. The van der Waals surface area contributed by atoms with Crippen molar-refractivity contribution in [3.8, 4) is 29.3 Å². The molecule has 21 nitrogen and oxygen atoms in total. The van der Waals surface area contributed by atoms with Gasteiger partial charge in [0, 0.05) is 73.0 Å². The van der Waals surface area contributed by atoms with Crippen LogP contribution in [0.25, 0.3) is 22.2 Å². The molecule has 4 N–H and O–H groups in total. The number of aromatic amines is 1. The van der Waals surface area contributed by atoms with Crippen molar-refractivity contribution in [2.45, 2.75) is 435 Å². The number of carbonyl (C=O) groups excluding carboxylic acids is 1. The predicted molar refractivity (Wildman–Crippen MR) is 482 cm³/mol. The number of fused-ring (bicyclic) bond motifs is 1. The van der Waals surface area contributed by atoms with E-state index in [4.69, 9.17) is 64.0 Å². The lowest BCUT2D eigenvalue weighted by Crippen LogP contribution is -2.33. The topological polar surface area (TPSA) is 275 Å². The second kappa shape index (κ2) is 73.0. The maximum absolute atomic E-state index is 16.4. The van der Waals surface area contributed by atoms with Crippen LogP contribution in [-0.2, 0) is 42.0 Å². The predicted octanol–water partition coefficient (Wildman–Crippen LogP) is 28.7. The average Bonchev–Trinajstić information content (AvgIpc) is 1.48. The summed E-state index contributed by atoms with van der Waals surface area (Å²) in [5, 5.41) is 40.1. The number of aliphatic hydroxyl groups excluding tert-OH is 1. The van der Waals surface area contributed by atoms with Gasteiger partial charge >= 0.3 is 13.9 Å². The molecule has 0 spiro atoms. The first-order chi connectivity index (χ1) is 56.1. The zero-order chi connectivity index (χ0) is 85.7. The summed E-state index contributed by atoms with van der Waals surface area (Å²) in [5.74, 6) is -0.166. The molecule has 0 aliphatic carbocycles. The van der Waals surface area contributed by atoms with Crippen LogP contribution >= 0.6 is 35.2 Å². The monoisotopic (exact) mass is 1710 g/mol. The number of aliphatic hydroxyl groups is 1. The molecule has 1 saturated heterocycles. The Bertz CT molecular complexity index is 3000. The number of nitrogens with zero attached hydrogens (tertiary/aromatic N) is 8. The SMILES string of the molecule is CC(C)N(C(C)C)P(Cl)OCCC#N.CCCCCCCCCCCCCCCCO.CCCCCCCCCCCCCCCCOP(=O)(OCCC#N)OC(C)(C)c1ncc(-c2cc3[nH]c(NC(=O)NCC)nc3c([C@H]3CCCO3)c2F)cn1.CCCCCCCCCCCCCCCCOP(OCCC#N)N(C(C)C)C(C)C. The highest BCUT2D eigenvalue weighted by Gasteiger charge is 2.39. The third-order valence-electron chi connectivity index (χ3n) is 20.1. The van der Waals surface area contributed by atoms with Gasteiger partial charge < -0.3 is 33.7 Å². The molecule has 0 bridgehead atoms. The van der Waals surface area contributed by atoms with Crippen molar-refractivity contribution in [2.24, 2.45) is 0 Å². The number of nitrogens with one attached hydrogen (secondary N) is 3. The molecule has 1 fully saturated rings. The first kappa shape index (κ1) is 110. The number of urea groups is 1. The van der Waals surface area contributed by atoms with Crippen LogP contribution in [0.1, 0.15) is 416 Å². The Balaban J connectivity index is 0.000000915. The van der Waals surface area contributed by atoms with Crippen LogP contribution in [0, 0.1) is 39.8 Å². The molecular formula is C90H164ClFN11O10P3. The smallest absolute Gasteiger partial charge is 0.396 e. The molecule has 3 unspecified atom stereocenters. The molecular weight excluding hydrogens is 1540 g/mol. The van der Waals surface area contributed by atoms with Crippen LogP contribution in [0.2, 0.25) is 0 Å². The maximum atomic E-state index is 16.4. The van der Waals surface area contributed by atoms with Crippen molar-refractivity contribution in [2.75, 3.05) is 58.1 Å². The van der Waals surface area contributed by atoms with Gasteiger partial charge in [0.15, 0.2) is 5.82 Å². The average molecular weight is 1710 g/mol. The minimum absolute atomic E-state index is 0.0187. The number of unbranched alkanes of at least 4 members (excludes halogenated alkanes) is 39. The molecule has 0 radical (unpaired) electrons. The number of imidazole rings is 1. The second-order valence-electron chi connectivity index (χ2n) is 32.5. The molecule has 3 aromatic rings. The number of benzene rings is 1. The van der Waals surface area contributed by atoms with E-state index in [-0.39, 0.29) is 37.0 Å². The first-order valence-corrected chi connectivity index (χ1v) is 50.5. The molecule has 1 aliphatic heterocycles. The molecule has 26 heteroatoms. The number of H-pyrrole nitrogens is 1. The van der Waals surface area contributed by atoms with Gasteiger partial charge in [-0.05, 0) is 126 Å². The van der Waals surface area contributed by atoms with E-state index in [1.807, 2.05) is 12.1 Å². The molecule has 2 amide bonds. The van der Waals surface area contributed by atoms with Crippen molar-refractivity contribution < 1.29 is 50.7 Å². The number of hydrogen-bond acceptors (Lipinski definition) is 18. The number of anilines is 1. The fourth-order valence-electron chi connectivity index (χ4n) is 14.0. The van der Waals surface area contributed by atoms with Gasteiger partial charge in [-0.15, -0.1) is 0 Å².